The van der Waals surface area contributed by atoms with Crippen LogP contribution in [0.4, 0.5) is 54.0 Å². The summed E-state index contributed by atoms with van der Waals surface area (Å²) in [6, 6.07) is 17.4. The first-order chi connectivity index (χ1) is 21.3. The fraction of sp³-hybridized carbons (Fsp3) is 0.226. The summed E-state index contributed by atoms with van der Waals surface area (Å²) in [5.41, 5.74) is -3.05. The number of aliphatic hydroxyl groups is 1. The number of benzene rings is 4. The first-order valence-corrected chi connectivity index (χ1v) is 13.1. The molecule has 246 valence electrons. The number of hydrogen-bond donors (Lipinski definition) is 1. The minimum atomic E-state index is -5.91. The largest absolute Gasteiger partial charge is 0.573 e. The van der Waals surface area contributed by atoms with Crippen LogP contribution in [-0.2, 0) is 18.6 Å². The second kappa shape index (κ2) is 13.1. The average Bonchev–Trinajstić information content (AvgIpc) is 2.95. The van der Waals surface area contributed by atoms with E-state index >= 15 is 0 Å². The first-order valence-electron chi connectivity index (χ1n) is 13.1. The lowest BCUT2D eigenvalue weighted by Gasteiger charge is -2.29. The van der Waals surface area contributed by atoms with Crippen molar-refractivity contribution < 1.29 is 62.9 Å². The lowest BCUT2D eigenvalue weighted by atomic mass is 10.0. The Hall–Kier alpha value is -4.53. The van der Waals surface area contributed by atoms with Gasteiger partial charge in [0.25, 0.3) is 0 Å². The van der Waals surface area contributed by atoms with Crippen molar-refractivity contribution in [2.75, 3.05) is 11.4 Å². The maximum atomic E-state index is 14.1. The van der Waals surface area contributed by atoms with E-state index in [1.54, 1.807) is 0 Å². The molecule has 0 aromatic heterocycles. The van der Waals surface area contributed by atoms with E-state index in [0.717, 1.165) is 36.4 Å². The molecule has 1 N–H and O–H groups in total. The van der Waals surface area contributed by atoms with E-state index in [0.29, 0.717) is 12.1 Å². The van der Waals surface area contributed by atoms with Gasteiger partial charge in [-0.3, -0.25) is 0 Å². The van der Waals surface area contributed by atoms with Crippen LogP contribution >= 0.6 is 0 Å². The molecule has 0 aliphatic carbocycles. The number of aliphatic hydroxyl groups excluding tert-OH is 1. The van der Waals surface area contributed by atoms with Gasteiger partial charge in [-0.1, -0.05) is 48.5 Å². The Morgan fingerprint density at radius 2 is 1.26 bits per heavy atom. The number of rotatable bonds is 10. The third-order valence-corrected chi connectivity index (χ3v) is 6.50. The number of alkyl halides is 11. The zero-order valence-electron chi connectivity index (χ0n) is 23.1. The molecule has 0 aliphatic rings. The Kier molecular flexibility index (Phi) is 9.75. The Labute approximate surface area is 254 Å². The fourth-order valence-electron chi connectivity index (χ4n) is 4.48. The zero-order chi connectivity index (χ0) is 33.9. The molecule has 15 heteroatoms. The molecule has 0 heterocycles. The van der Waals surface area contributed by atoms with Gasteiger partial charge in [0, 0.05) is 36.5 Å². The van der Waals surface area contributed by atoms with Crippen molar-refractivity contribution in [2.24, 2.45) is 0 Å². The number of ether oxygens (including phenoxy) is 2. The van der Waals surface area contributed by atoms with E-state index in [-0.39, 0.29) is 22.7 Å². The Morgan fingerprint density at radius 1 is 0.652 bits per heavy atom. The lowest BCUT2D eigenvalue weighted by Crippen LogP contribution is -2.34. The van der Waals surface area contributed by atoms with Crippen LogP contribution in [0, 0.1) is 0 Å². The van der Waals surface area contributed by atoms with Crippen molar-refractivity contribution in [3.63, 3.8) is 0 Å². The molecule has 0 amide bonds. The topological polar surface area (TPSA) is 41.9 Å². The van der Waals surface area contributed by atoms with Gasteiger partial charge < -0.3 is 19.5 Å². The predicted molar refractivity (Wildman–Crippen MR) is 143 cm³/mol. The van der Waals surface area contributed by atoms with E-state index in [1.165, 1.54) is 53.4 Å². The van der Waals surface area contributed by atoms with Crippen molar-refractivity contribution >= 4 is 5.69 Å². The highest BCUT2D eigenvalue weighted by molar-refractivity contribution is 5.53. The van der Waals surface area contributed by atoms with Crippen LogP contribution in [0.15, 0.2) is 97.1 Å². The van der Waals surface area contributed by atoms with Gasteiger partial charge >= 0.3 is 24.6 Å². The summed E-state index contributed by atoms with van der Waals surface area (Å²) in [7, 11) is 0. The molecule has 0 spiro atoms. The van der Waals surface area contributed by atoms with Gasteiger partial charge in [0.1, 0.15) is 17.2 Å². The monoisotopic (exact) mass is 665 g/mol. The molecule has 0 bridgehead atoms. The molecular weight excluding hydrogens is 643 g/mol. The zero-order valence-corrected chi connectivity index (χ0v) is 23.1. The number of nitrogens with zero attached hydrogens (tertiary/aromatic N) is 1. The maximum Gasteiger partial charge on any atom is 0.573 e. The highest BCUT2D eigenvalue weighted by Gasteiger charge is 2.58. The molecule has 4 aromatic carbocycles. The molecule has 0 saturated heterocycles. The molecule has 0 fully saturated rings. The van der Waals surface area contributed by atoms with Crippen molar-refractivity contribution in [1.82, 2.24) is 0 Å². The Bertz CT molecular complexity index is 1640. The van der Waals surface area contributed by atoms with Crippen molar-refractivity contribution in [3.8, 4) is 17.2 Å². The Morgan fingerprint density at radius 3 is 1.91 bits per heavy atom. The Balaban J connectivity index is 1.70. The van der Waals surface area contributed by atoms with Gasteiger partial charge in [-0.15, -0.1) is 13.2 Å². The second-order valence-corrected chi connectivity index (χ2v) is 9.88. The third-order valence-electron chi connectivity index (χ3n) is 6.50. The summed E-state index contributed by atoms with van der Waals surface area (Å²) >= 11 is 0. The van der Waals surface area contributed by atoms with Crippen LogP contribution in [0.3, 0.4) is 0 Å². The molecule has 0 saturated carbocycles. The van der Waals surface area contributed by atoms with Gasteiger partial charge in [-0.2, -0.15) is 35.1 Å². The molecule has 1 unspecified atom stereocenters. The quantitative estimate of drug-likeness (QED) is 0.171. The lowest BCUT2D eigenvalue weighted by molar-refractivity contribution is -0.289. The van der Waals surface area contributed by atoms with Crippen LogP contribution in [0.5, 0.6) is 17.2 Å². The van der Waals surface area contributed by atoms with Crippen molar-refractivity contribution in [1.29, 1.82) is 0 Å². The van der Waals surface area contributed by atoms with Gasteiger partial charge in [0.05, 0.1) is 11.7 Å². The van der Waals surface area contributed by atoms with Crippen LogP contribution in [0.2, 0.25) is 0 Å². The minimum absolute atomic E-state index is 0.00537. The summed E-state index contributed by atoms with van der Waals surface area (Å²) in [5.74, 6) is -5.91. The number of anilines is 1. The third kappa shape index (κ3) is 8.59. The summed E-state index contributed by atoms with van der Waals surface area (Å²) in [6.07, 6.45) is -17.6. The molecular formula is C31H22F11NO3. The summed E-state index contributed by atoms with van der Waals surface area (Å²) in [6.45, 7) is -1.07. The predicted octanol–water partition coefficient (Wildman–Crippen LogP) is 9.79. The minimum Gasteiger partial charge on any atom is -0.457 e. The standard InChI is InChI=1S/C31H22F11NO3/c32-28(33,30(37,38)39)20-7-3-6-19(14-20)17-43(18-27(44)25-12-1-2-13-26(25)29(34,35)36)21-8-4-9-22(15-21)45-23-10-5-11-24(16-23)46-31(40,41)42/h1-16,27,44H,17-18H2. The molecule has 1 atom stereocenters. The smallest absolute Gasteiger partial charge is 0.457 e. The molecule has 0 aliphatic heterocycles. The van der Waals surface area contributed by atoms with Gasteiger partial charge in [-0.25, -0.2) is 0 Å². The van der Waals surface area contributed by atoms with E-state index in [2.05, 4.69) is 4.74 Å². The summed E-state index contributed by atoms with van der Waals surface area (Å²) < 4.78 is 156. The normalized spacial score (nSPS) is 13.3. The fourth-order valence-corrected chi connectivity index (χ4v) is 4.48. The van der Waals surface area contributed by atoms with Crippen molar-refractivity contribution in [2.45, 2.75) is 37.3 Å². The molecule has 4 aromatic rings. The van der Waals surface area contributed by atoms with Crippen molar-refractivity contribution in [3.05, 3.63) is 119 Å². The van der Waals surface area contributed by atoms with E-state index in [9.17, 15) is 53.4 Å². The number of halogens is 11. The highest BCUT2D eigenvalue weighted by atomic mass is 19.4. The molecule has 4 rings (SSSR count). The van der Waals surface area contributed by atoms with Crippen LogP contribution in [-0.4, -0.2) is 24.2 Å². The molecule has 46 heavy (non-hydrogen) atoms. The first kappa shape index (κ1) is 34.3. The van der Waals surface area contributed by atoms with E-state index in [4.69, 9.17) is 4.74 Å². The van der Waals surface area contributed by atoms with Gasteiger partial charge in [0.2, 0.25) is 0 Å². The van der Waals surface area contributed by atoms with Crippen LogP contribution in [0.25, 0.3) is 0 Å². The van der Waals surface area contributed by atoms with Gasteiger partial charge in [0.15, 0.2) is 0 Å². The van der Waals surface area contributed by atoms with Crippen LogP contribution < -0.4 is 14.4 Å². The second-order valence-electron chi connectivity index (χ2n) is 9.88. The average molecular weight is 665 g/mol. The molecule has 4 nitrogen and oxygen atoms in total. The molecule has 0 radical (unpaired) electrons. The van der Waals surface area contributed by atoms with E-state index < -0.39 is 66.3 Å². The number of hydrogen-bond acceptors (Lipinski definition) is 4. The summed E-state index contributed by atoms with van der Waals surface area (Å²) in [5, 5.41) is 10.9. The SMILES string of the molecule is OC(CN(Cc1cccc(C(F)(F)C(F)(F)F)c1)c1cccc(Oc2cccc(OC(F)(F)F)c2)c1)c1ccccc1C(F)(F)F. The maximum absolute atomic E-state index is 14.1. The van der Waals surface area contributed by atoms with Crippen LogP contribution in [0.1, 0.15) is 28.4 Å². The highest BCUT2D eigenvalue weighted by Crippen LogP contribution is 2.44. The van der Waals surface area contributed by atoms with Gasteiger partial charge in [-0.05, 0) is 47.5 Å². The van der Waals surface area contributed by atoms with E-state index in [1.807, 2.05) is 0 Å². The summed E-state index contributed by atoms with van der Waals surface area (Å²) in [4.78, 5) is 1.22.